The van der Waals surface area contributed by atoms with E-state index in [4.69, 9.17) is 12.2 Å². The van der Waals surface area contributed by atoms with Gasteiger partial charge in [0, 0.05) is 10.9 Å². The third-order valence-corrected chi connectivity index (χ3v) is 4.28. The fourth-order valence-corrected chi connectivity index (χ4v) is 3.45. The molecule has 0 saturated heterocycles. The standard InChI is InChI=1S/C11H16N2S2/c1-8-6-11(14)13-10(12-8)7-15-9-4-2-3-5-9/h6,9H,2-5,7H2,1H3,(H,12,13,14). The second-order valence-corrected chi connectivity index (χ2v) is 5.77. The molecule has 0 radical (unpaired) electrons. The fourth-order valence-electron chi connectivity index (χ4n) is 1.96. The number of hydrogen-bond acceptors (Lipinski definition) is 3. The van der Waals surface area contributed by atoms with Crippen molar-refractivity contribution in [1.82, 2.24) is 9.97 Å². The van der Waals surface area contributed by atoms with E-state index in [2.05, 4.69) is 9.97 Å². The molecule has 1 aliphatic carbocycles. The van der Waals surface area contributed by atoms with Crippen molar-refractivity contribution in [2.45, 2.75) is 43.6 Å². The van der Waals surface area contributed by atoms with Gasteiger partial charge in [-0.2, -0.15) is 11.8 Å². The summed E-state index contributed by atoms with van der Waals surface area (Å²) in [4.78, 5) is 7.61. The molecule has 0 atom stereocenters. The molecule has 0 unspecified atom stereocenters. The Bertz CT molecular complexity index is 380. The second-order valence-electron chi connectivity index (χ2n) is 4.07. The van der Waals surface area contributed by atoms with Crippen molar-refractivity contribution >= 4 is 24.0 Å². The van der Waals surface area contributed by atoms with Gasteiger partial charge in [0.2, 0.25) is 0 Å². The number of hydrogen-bond donors (Lipinski definition) is 1. The van der Waals surface area contributed by atoms with Crippen LogP contribution in [-0.4, -0.2) is 15.2 Å². The van der Waals surface area contributed by atoms with Crippen LogP contribution in [0.5, 0.6) is 0 Å². The summed E-state index contributed by atoms with van der Waals surface area (Å²) < 4.78 is 0.702. The smallest absolute Gasteiger partial charge is 0.130 e. The highest BCUT2D eigenvalue weighted by atomic mass is 32.2. The monoisotopic (exact) mass is 240 g/mol. The van der Waals surface area contributed by atoms with Crippen LogP contribution in [-0.2, 0) is 5.75 Å². The van der Waals surface area contributed by atoms with E-state index in [-0.39, 0.29) is 0 Å². The number of thioether (sulfide) groups is 1. The lowest BCUT2D eigenvalue weighted by molar-refractivity contribution is 0.886. The number of H-pyrrole nitrogens is 1. The Balaban J connectivity index is 1.95. The molecule has 1 heterocycles. The predicted octanol–water partition coefficient (Wildman–Crippen LogP) is 3.62. The Morgan fingerprint density at radius 2 is 2.27 bits per heavy atom. The van der Waals surface area contributed by atoms with Gasteiger partial charge in [-0.15, -0.1) is 0 Å². The lowest BCUT2D eigenvalue weighted by Crippen LogP contribution is -1.99. The van der Waals surface area contributed by atoms with Crippen molar-refractivity contribution in [3.63, 3.8) is 0 Å². The Morgan fingerprint density at radius 1 is 1.53 bits per heavy atom. The molecular weight excluding hydrogens is 224 g/mol. The Kier molecular flexibility index (Phi) is 3.81. The minimum atomic E-state index is 0.702. The summed E-state index contributed by atoms with van der Waals surface area (Å²) in [6.45, 7) is 2.03. The first-order valence-corrected chi connectivity index (χ1v) is 6.88. The zero-order chi connectivity index (χ0) is 10.7. The highest BCUT2D eigenvalue weighted by Crippen LogP contribution is 2.30. The molecule has 1 fully saturated rings. The number of nitrogens with zero attached hydrogens (tertiary/aromatic N) is 1. The average molecular weight is 240 g/mol. The zero-order valence-corrected chi connectivity index (χ0v) is 10.6. The van der Waals surface area contributed by atoms with E-state index in [1.165, 1.54) is 25.7 Å². The van der Waals surface area contributed by atoms with E-state index >= 15 is 0 Å². The van der Waals surface area contributed by atoms with Crippen molar-refractivity contribution in [2.24, 2.45) is 0 Å². The van der Waals surface area contributed by atoms with E-state index in [1.807, 2.05) is 24.8 Å². The normalized spacial score (nSPS) is 17.1. The molecule has 2 rings (SSSR count). The van der Waals surface area contributed by atoms with Gasteiger partial charge < -0.3 is 4.98 Å². The maximum absolute atomic E-state index is 5.10. The van der Waals surface area contributed by atoms with Gasteiger partial charge in [-0.05, 0) is 25.8 Å². The molecule has 4 heteroatoms. The minimum Gasteiger partial charge on any atom is -0.347 e. The van der Waals surface area contributed by atoms with E-state index in [9.17, 15) is 0 Å². The average Bonchev–Trinajstić information content (AvgIpc) is 2.65. The third kappa shape index (κ3) is 3.31. The molecular formula is C11H16N2S2. The molecule has 0 aromatic carbocycles. The van der Waals surface area contributed by atoms with Crippen LogP contribution in [0, 0.1) is 11.6 Å². The Hall–Kier alpha value is -0.350. The molecule has 1 saturated carbocycles. The first-order valence-electron chi connectivity index (χ1n) is 5.42. The molecule has 0 amide bonds. The number of rotatable bonds is 3. The predicted molar refractivity (Wildman–Crippen MR) is 67.7 cm³/mol. The van der Waals surface area contributed by atoms with Gasteiger partial charge in [0.15, 0.2) is 0 Å². The molecule has 0 spiro atoms. The Labute approximate surface area is 99.9 Å². The van der Waals surface area contributed by atoms with Gasteiger partial charge in [-0.25, -0.2) is 4.98 Å². The summed E-state index contributed by atoms with van der Waals surface area (Å²) in [5.74, 6) is 1.99. The van der Waals surface area contributed by atoms with Gasteiger partial charge in [-0.3, -0.25) is 0 Å². The molecule has 2 nitrogen and oxygen atoms in total. The van der Waals surface area contributed by atoms with Crippen molar-refractivity contribution in [1.29, 1.82) is 0 Å². The summed E-state index contributed by atoms with van der Waals surface area (Å²) >= 11 is 7.11. The van der Waals surface area contributed by atoms with E-state index in [0.29, 0.717) is 4.64 Å². The van der Waals surface area contributed by atoms with Gasteiger partial charge >= 0.3 is 0 Å². The van der Waals surface area contributed by atoms with Gasteiger partial charge in [-0.1, -0.05) is 25.1 Å². The van der Waals surface area contributed by atoms with Crippen LogP contribution in [0.4, 0.5) is 0 Å². The maximum Gasteiger partial charge on any atom is 0.130 e. The third-order valence-electron chi connectivity index (χ3n) is 2.68. The number of aryl methyl sites for hydroxylation is 1. The molecule has 1 aromatic rings. The van der Waals surface area contributed by atoms with Crippen LogP contribution in [0.3, 0.4) is 0 Å². The fraction of sp³-hybridized carbons (Fsp3) is 0.636. The Morgan fingerprint density at radius 3 is 2.93 bits per heavy atom. The SMILES string of the molecule is Cc1cc(=S)nc(CSC2CCCC2)[nH]1. The highest BCUT2D eigenvalue weighted by Gasteiger charge is 2.15. The van der Waals surface area contributed by atoms with Crippen LogP contribution >= 0.6 is 24.0 Å². The molecule has 0 bridgehead atoms. The van der Waals surface area contributed by atoms with Crippen molar-refractivity contribution in [3.8, 4) is 0 Å². The number of nitrogens with one attached hydrogen (secondary N) is 1. The van der Waals surface area contributed by atoms with Gasteiger partial charge in [0.05, 0.1) is 5.75 Å². The van der Waals surface area contributed by atoms with Crippen LogP contribution in [0.2, 0.25) is 0 Å². The molecule has 1 aromatic heterocycles. The van der Waals surface area contributed by atoms with Crippen molar-refractivity contribution in [3.05, 3.63) is 22.2 Å². The van der Waals surface area contributed by atoms with Gasteiger partial charge in [0.25, 0.3) is 0 Å². The number of aromatic nitrogens is 2. The minimum absolute atomic E-state index is 0.702. The summed E-state index contributed by atoms with van der Waals surface area (Å²) in [6.07, 6.45) is 5.54. The zero-order valence-electron chi connectivity index (χ0n) is 8.95. The largest absolute Gasteiger partial charge is 0.347 e. The first kappa shape index (κ1) is 11.1. The second kappa shape index (κ2) is 5.12. The number of aromatic amines is 1. The summed E-state index contributed by atoms with van der Waals surface area (Å²) in [6, 6.07) is 1.90. The van der Waals surface area contributed by atoms with E-state index < -0.39 is 0 Å². The van der Waals surface area contributed by atoms with E-state index in [1.54, 1.807) is 0 Å². The lowest BCUT2D eigenvalue weighted by atomic mass is 10.4. The topological polar surface area (TPSA) is 28.7 Å². The van der Waals surface area contributed by atoms with Crippen LogP contribution < -0.4 is 0 Å². The van der Waals surface area contributed by atoms with E-state index in [0.717, 1.165) is 22.5 Å². The lowest BCUT2D eigenvalue weighted by Gasteiger charge is -2.08. The highest BCUT2D eigenvalue weighted by molar-refractivity contribution is 7.99. The summed E-state index contributed by atoms with van der Waals surface area (Å²) in [5, 5.41) is 0.842. The van der Waals surface area contributed by atoms with Crippen LogP contribution in [0.25, 0.3) is 0 Å². The van der Waals surface area contributed by atoms with Crippen molar-refractivity contribution in [2.75, 3.05) is 0 Å². The molecule has 82 valence electrons. The van der Waals surface area contributed by atoms with Crippen LogP contribution in [0.1, 0.15) is 37.2 Å². The molecule has 15 heavy (non-hydrogen) atoms. The molecule has 1 N–H and O–H groups in total. The molecule has 0 aliphatic heterocycles. The quantitative estimate of drug-likeness (QED) is 0.818. The van der Waals surface area contributed by atoms with Crippen molar-refractivity contribution < 1.29 is 0 Å². The summed E-state index contributed by atoms with van der Waals surface area (Å²) in [7, 11) is 0. The first-order chi connectivity index (χ1) is 7.24. The molecule has 1 aliphatic rings. The maximum atomic E-state index is 5.10. The van der Waals surface area contributed by atoms with Gasteiger partial charge in [0.1, 0.15) is 10.5 Å². The van der Waals surface area contributed by atoms with Crippen LogP contribution in [0.15, 0.2) is 6.07 Å². The summed E-state index contributed by atoms with van der Waals surface area (Å²) in [5.41, 5.74) is 1.11.